The maximum atomic E-state index is 12.4. The molecule has 0 spiro atoms. The van der Waals surface area contributed by atoms with Gasteiger partial charge >= 0.3 is 0 Å². The van der Waals surface area contributed by atoms with Crippen molar-refractivity contribution in [1.29, 1.82) is 0 Å². The Morgan fingerprint density at radius 2 is 1.76 bits per heavy atom. The van der Waals surface area contributed by atoms with E-state index in [2.05, 4.69) is 28.4 Å². The largest absolute Gasteiger partial charge is 0.351 e. The van der Waals surface area contributed by atoms with Crippen molar-refractivity contribution >= 4 is 5.91 Å². The van der Waals surface area contributed by atoms with Gasteiger partial charge in [-0.05, 0) is 30.2 Å². The van der Waals surface area contributed by atoms with Crippen LogP contribution in [0.1, 0.15) is 16.7 Å². The van der Waals surface area contributed by atoms with Crippen LogP contribution in [-0.4, -0.2) is 23.9 Å². The van der Waals surface area contributed by atoms with Crippen LogP contribution in [-0.2, 0) is 24.3 Å². The van der Waals surface area contributed by atoms with Crippen molar-refractivity contribution in [2.75, 3.05) is 7.05 Å². The molecule has 1 unspecified atom stereocenters. The zero-order chi connectivity index (χ0) is 14.7. The Labute approximate surface area is 125 Å². The first-order valence-electron chi connectivity index (χ1n) is 7.32. The molecule has 0 saturated carbocycles. The predicted octanol–water partition coefficient (Wildman–Crippen LogP) is 2.36. The lowest BCUT2D eigenvalue weighted by Gasteiger charge is -2.33. The molecule has 1 heterocycles. The van der Waals surface area contributed by atoms with Gasteiger partial charge in [-0.1, -0.05) is 54.6 Å². The summed E-state index contributed by atoms with van der Waals surface area (Å²) in [5.74, 6) is 0.107. The van der Waals surface area contributed by atoms with Crippen LogP contribution in [0.3, 0.4) is 0 Å². The van der Waals surface area contributed by atoms with Crippen LogP contribution in [0.4, 0.5) is 0 Å². The first-order valence-corrected chi connectivity index (χ1v) is 7.32. The lowest BCUT2D eigenvalue weighted by Crippen LogP contribution is -2.48. The van der Waals surface area contributed by atoms with Crippen LogP contribution >= 0.6 is 0 Å². The van der Waals surface area contributed by atoms with E-state index in [9.17, 15) is 4.79 Å². The van der Waals surface area contributed by atoms with Crippen LogP contribution in [0.15, 0.2) is 54.6 Å². The molecule has 3 heteroatoms. The molecule has 2 aromatic rings. The van der Waals surface area contributed by atoms with E-state index in [1.54, 1.807) is 0 Å². The van der Waals surface area contributed by atoms with E-state index >= 15 is 0 Å². The Morgan fingerprint density at radius 3 is 2.52 bits per heavy atom. The molecule has 3 rings (SSSR count). The first kappa shape index (κ1) is 13.8. The fourth-order valence-electron chi connectivity index (χ4n) is 2.85. The average Bonchev–Trinajstić information content (AvgIpc) is 2.53. The number of benzene rings is 2. The third-order valence-electron chi connectivity index (χ3n) is 4.10. The Hall–Kier alpha value is -2.13. The van der Waals surface area contributed by atoms with Crippen molar-refractivity contribution in [1.82, 2.24) is 10.2 Å². The summed E-state index contributed by atoms with van der Waals surface area (Å²) in [4.78, 5) is 14.6. The topological polar surface area (TPSA) is 32.3 Å². The summed E-state index contributed by atoms with van der Waals surface area (Å²) in [7, 11) is 2.02. The molecule has 1 amide bonds. The zero-order valence-corrected chi connectivity index (χ0v) is 12.3. The Morgan fingerprint density at radius 1 is 1.10 bits per heavy atom. The van der Waals surface area contributed by atoms with Crippen LogP contribution in [0, 0.1) is 0 Å². The summed E-state index contributed by atoms with van der Waals surface area (Å²) in [5.41, 5.74) is 3.74. The van der Waals surface area contributed by atoms with Crippen molar-refractivity contribution in [3.05, 3.63) is 71.3 Å². The summed E-state index contributed by atoms with van der Waals surface area (Å²) in [6, 6.07) is 18.3. The van der Waals surface area contributed by atoms with Gasteiger partial charge in [0.05, 0.1) is 6.04 Å². The first-order chi connectivity index (χ1) is 10.2. The van der Waals surface area contributed by atoms with E-state index in [-0.39, 0.29) is 11.9 Å². The smallest absolute Gasteiger partial charge is 0.237 e. The van der Waals surface area contributed by atoms with Gasteiger partial charge in [-0.2, -0.15) is 0 Å². The van der Waals surface area contributed by atoms with E-state index in [0.717, 1.165) is 18.5 Å². The number of nitrogens with one attached hydrogen (secondary N) is 1. The van der Waals surface area contributed by atoms with Crippen LogP contribution in [0.25, 0.3) is 0 Å². The second-order valence-corrected chi connectivity index (χ2v) is 5.61. The predicted molar refractivity (Wildman–Crippen MR) is 83.7 cm³/mol. The van der Waals surface area contributed by atoms with E-state index in [4.69, 9.17) is 0 Å². The van der Waals surface area contributed by atoms with Crippen LogP contribution in [0.5, 0.6) is 0 Å². The SMILES string of the molecule is CN1Cc2ccccc2CC1C(=O)NCc1ccccc1. The summed E-state index contributed by atoms with van der Waals surface area (Å²) >= 11 is 0. The third-order valence-corrected chi connectivity index (χ3v) is 4.10. The number of rotatable bonds is 3. The molecule has 0 aromatic heterocycles. The molecule has 0 bridgehead atoms. The molecule has 0 radical (unpaired) electrons. The number of likely N-dealkylation sites (N-methyl/N-ethyl adjacent to an activating group) is 1. The highest BCUT2D eigenvalue weighted by atomic mass is 16.2. The van der Waals surface area contributed by atoms with Crippen molar-refractivity contribution < 1.29 is 4.79 Å². The second kappa shape index (κ2) is 6.10. The monoisotopic (exact) mass is 280 g/mol. The Bertz CT molecular complexity index is 624. The van der Waals surface area contributed by atoms with Gasteiger partial charge in [0.15, 0.2) is 0 Å². The molecular formula is C18H20N2O. The zero-order valence-electron chi connectivity index (χ0n) is 12.3. The molecule has 1 N–H and O–H groups in total. The molecular weight excluding hydrogens is 260 g/mol. The summed E-state index contributed by atoms with van der Waals surface area (Å²) in [6.07, 6.45) is 0.785. The van der Waals surface area contributed by atoms with Gasteiger partial charge in [0.2, 0.25) is 5.91 Å². The van der Waals surface area contributed by atoms with Crippen LogP contribution < -0.4 is 5.32 Å². The van der Waals surface area contributed by atoms with E-state index in [0.29, 0.717) is 6.54 Å². The van der Waals surface area contributed by atoms with E-state index in [1.807, 2.05) is 43.4 Å². The van der Waals surface area contributed by atoms with Crippen LogP contribution in [0.2, 0.25) is 0 Å². The minimum atomic E-state index is -0.0800. The molecule has 21 heavy (non-hydrogen) atoms. The highest BCUT2D eigenvalue weighted by Crippen LogP contribution is 2.21. The van der Waals surface area contributed by atoms with Gasteiger partial charge in [-0.25, -0.2) is 0 Å². The van der Waals surface area contributed by atoms with Crippen molar-refractivity contribution in [2.24, 2.45) is 0 Å². The molecule has 1 atom stereocenters. The van der Waals surface area contributed by atoms with Gasteiger partial charge in [0, 0.05) is 13.1 Å². The van der Waals surface area contributed by atoms with Gasteiger partial charge in [-0.3, -0.25) is 9.69 Å². The molecule has 0 aliphatic carbocycles. The maximum Gasteiger partial charge on any atom is 0.237 e. The lowest BCUT2D eigenvalue weighted by atomic mass is 9.94. The number of nitrogens with zero attached hydrogens (tertiary/aromatic N) is 1. The molecule has 0 saturated heterocycles. The molecule has 1 aliphatic heterocycles. The van der Waals surface area contributed by atoms with Gasteiger partial charge in [0.25, 0.3) is 0 Å². The Kier molecular flexibility index (Phi) is 4.02. The van der Waals surface area contributed by atoms with Gasteiger partial charge in [-0.15, -0.1) is 0 Å². The molecule has 1 aliphatic rings. The fourth-order valence-corrected chi connectivity index (χ4v) is 2.85. The summed E-state index contributed by atoms with van der Waals surface area (Å²) < 4.78 is 0. The fraction of sp³-hybridized carbons (Fsp3) is 0.278. The number of carbonyl (C=O) groups excluding carboxylic acids is 1. The minimum Gasteiger partial charge on any atom is -0.351 e. The van der Waals surface area contributed by atoms with E-state index < -0.39 is 0 Å². The number of fused-ring (bicyclic) bond motifs is 1. The van der Waals surface area contributed by atoms with Crippen molar-refractivity contribution in [2.45, 2.75) is 25.6 Å². The number of hydrogen-bond acceptors (Lipinski definition) is 2. The van der Waals surface area contributed by atoms with Gasteiger partial charge in [0.1, 0.15) is 0 Å². The maximum absolute atomic E-state index is 12.4. The highest BCUT2D eigenvalue weighted by Gasteiger charge is 2.28. The van der Waals surface area contributed by atoms with Crippen molar-refractivity contribution in [3.63, 3.8) is 0 Å². The van der Waals surface area contributed by atoms with Crippen molar-refractivity contribution in [3.8, 4) is 0 Å². The lowest BCUT2D eigenvalue weighted by molar-refractivity contribution is -0.126. The standard InChI is InChI=1S/C18H20N2O/c1-20-13-16-10-6-5-9-15(16)11-17(20)18(21)19-12-14-7-3-2-4-8-14/h2-10,17H,11-13H2,1H3,(H,19,21). The average molecular weight is 280 g/mol. The summed E-state index contributed by atoms with van der Waals surface area (Å²) in [5, 5.41) is 3.05. The number of carbonyl (C=O) groups is 1. The third kappa shape index (κ3) is 3.14. The molecule has 108 valence electrons. The minimum absolute atomic E-state index is 0.0800. The quantitative estimate of drug-likeness (QED) is 0.936. The molecule has 3 nitrogen and oxygen atoms in total. The highest BCUT2D eigenvalue weighted by molar-refractivity contribution is 5.82. The molecule has 0 fully saturated rings. The molecule has 2 aromatic carbocycles. The number of amides is 1. The second-order valence-electron chi connectivity index (χ2n) is 5.61. The number of hydrogen-bond donors (Lipinski definition) is 1. The normalized spacial score (nSPS) is 18.0. The Balaban J connectivity index is 1.65. The summed E-state index contributed by atoms with van der Waals surface area (Å²) in [6.45, 7) is 1.42. The van der Waals surface area contributed by atoms with Gasteiger partial charge < -0.3 is 5.32 Å². The van der Waals surface area contributed by atoms with E-state index in [1.165, 1.54) is 11.1 Å².